The molecule has 0 spiro atoms. The predicted octanol–water partition coefficient (Wildman–Crippen LogP) is 3.45. The van der Waals surface area contributed by atoms with Gasteiger partial charge >= 0.3 is 0 Å². The Hall–Kier alpha value is -1.43. The Bertz CT molecular complexity index is 353. The minimum atomic E-state index is -2.82. The number of alkyl halides is 2. The first kappa shape index (κ1) is 10.6. The van der Waals surface area contributed by atoms with E-state index in [1.54, 1.807) is 6.92 Å². The molecule has 3 heteroatoms. The van der Waals surface area contributed by atoms with E-state index in [9.17, 15) is 8.78 Å². The van der Waals surface area contributed by atoms with Crippen molar-refractivity contribution in [2.75, 3.05) is 0 Å². The third-order valence-corrected chi connectivity index (χ3v) is 1.98. The van der Waals surface area contributed by atoms with Crippen LogP contribution in [-0.2, 0) is 5.92 Å². The van der Waals surface area contributed by atoms with Gasteiger partial charge in [0.25, 0.3) is 5.92 Å². The number of nitrogens with zero attached hydrogens (tertiary/aromatic N) is 1. The highest BCUT2D eigenvalue weighted by molar-refractivity contribution is 5.34. The number of rotatable bonds is 3. The summed E-state index contributed by atoms with van der Waals surface area (Å²) in [5.74, 6) is -2.82. The molecule has 0 bridgehead atoms. The Morgan fingerprint density at radius 1 is 1.43 bits per heavy atom. The van der Waals surface area contributed by atoms with E-state index in [1.165, 1.54) is 24.3 Å². The van der Waals surface area contributed by atoms with Gasteiger partial charge in [-0.3, -0.25) is 0 Å². The molecule has 0 aliphatic heterocycles. The molecule has 0 saturated heterocycles. The van der Waals surface area contributed by atoms with Gasteiger partial charge in [0.05, 0.1) is 11.6 Å². The maximum Gasteiger partial charge on any atom is 0.273 e. The molecular formula is C11H11F2N. The van der Waals surface area contributed by atoms with E-state index in [0.717, 1.165) is 0 Å². The minimum absolute atomic E-state index is 0.0709. The van der Waals surface area contributed by atoms with Gasteiger partial charge in [-0.2, -0.15) is 5.26 Å². The highest BCUT2D eigenvalue weighted by atomic mass is 19.3. The Balaban J connectivity index is 3.01. The summed E-state index contributed by atoms with van der Waals surface area (Å²) in [6.45, 7) is 1.71. The molecule has 0 aliphatic carbocycles. The van der Waals surface area contributed by atoms with E-state index in [4.69, 9.17) is 5.26 Å². The second-order valence-corrected chi connectivity index (χ2v) is 3.15. The summed E-state index contributed by atoms with van der Waals surface area (Å²) in [5.41, 5.74) is 0.205. The summed E-state index contributed by atoms with van der Waals surface area (Å²) in [5, 5.41) is 8.56. The molecule has 1 aromatic rings. The van der Waals surface area contributed by atoms with E-state index in [2.05, 4.69) is 0 Å². The van der Waals surface area contributed by atoms with Crippen LogP contribution in [-0.4, -0.2) is 0 Å². The third kappa shape index (κ3) is 2.29. The minimum Gasteiger partial charge on any atom is -0.201 e. The van der Waals surface area contributed by atoms with E-state index >= 15 is 0 Å². The summed E-state index contributed by atoms with van der Waals surface area (Å²) in [4.78, 5) is 0. The van der Waals surface area contributed by atoms with Crippen LogP contribution in [0.25, 0.3) is 0 Å². The van der Waals surface area contributed by atoms with Crippen molar-refractivity contribution in [3.8, 4) is 6.07 Å². The fourth-order valence-electron chi connectivity index (χ4n) is 1.27. The molecule has 0 aromatic heterocycles. The molecule has 0 N–H and O–H groups in total. The Kier molecular flexibility index (Phi) is 3.19. The highest BCUT2D eigenvalue weighted by Crippen LogP contribution is 2.32. The first-order chi connectivity index (χ1) is 6.60. The van der Waals surface area contributed by atoms with Gasteiger partial charge in [-0.05, 0) is 12.1 Å². The van der Waals surface area contributed by atoms with Gasteiger partial charge in [0.1, 0.15) is 0 Å². The largest absolute Gasteiger partial charge is 0.273 e. The van der Waals surface area contributed by atoms with Crippen LogP contribution in [0, 0.1) is 11.3 Å². The van der Waals surface area contributed by atoms with Gasteiger partial charge in [0.15, 0.2) is 0 Å². The van der Waals surface area contributed by atoms with Crippen molar-refractivity contribution in [1.29, 1.82) is 5.26 Å². The van der Waals surface area contributed by atoms with E-state index in [1.807, 2.05) is 6.07 Å². The lowest BCUT2D eigenvalue weighted by atomic mass is 10.0. The van der Waals surface area contributed by atoms with Crippen LogP contribution in [0.3, 0.4) is 0 Å². The SMILES string of the molecule is CCCC(F)(F)c1cccc(C#N)c1. The topological polar surface area (TPSA) is 23.8 Å². The van der Waals surface area contributed by atoms with Crippen LogP contribution in [0.5, 0.6) is 0 Å². The fraction of sp³-hybridized carbons (Fsp3) is 0.364. The zero-order chi connectivity index (χ0) is 10.6. The Morgan fingerprint density at radius 2 is 2.14 bits per heavy atom. The van der Waals surface area contributed by atoms with E-state index in [-0.39, 0.29) is 17.5 Å². The average molecular weight is 195 g/mol. The van der Waals surface area contributed by atoms with Gasteiger partial charge in [0, 0.05) is 12.0 Å². The first-order valence-corrected chi connectivity index (χ1v) is 4.48. The maximum atomic E-state index is 13.4. The van der Waals surface area contributed by atoms with Crippen molar-refractivity contribution in [3.63, 3.8) is 0 Å². The van der Waals surface area contributed by atoms with Crippen molar-refractivity contribution in [1.82, 2.24) is 0 Å². The molecule has 1 aromatic carbocycles. The van der Waals surface area contributed by atoms with E-state index in [0.29, 0.717) is 6.42 Å². The second-order valence-electron chi connectivity index (χ2n) is 3.15. The standard InChI is InChI=1S/C11H11F2N/c1-2-6-11(12,13)10-5-3-4-9(7-10)8-14/h3-5,7H,2,6H2,1H3. The zero-order valence-corrected chi connectivity index (χ0v) is 7.93. The summed E-state index contributed by atoms with van der Waals surface area (Å²) in [7, 11) is 0. The smallest absolute Gasteiger partial charge is 0.201 e. The van der Waals surface area contributed by atoms with Gasteiger partial charge in [-0.15, -0.1) is 0 Å². The molecule has 1 nitrogen and oxygen atoms in total. The quantitative estimate of drug-likeness (QED) is 0.724. The number of nitriles is 1. The van der Waals surface area contributed by atoms with Crippen LogP contribution in [0.1, 0.15) is 30.9 Å². The van der Waals surface area contributed by atoms with E-state index < -0.39 is 5.92 Å². The first-order valence-electron chi connectivity index (χ1n) is 4.48. The molecule has 0 saturated carbocycles. The summed E-state index contributed by atoms with van der Waals surface area (Å²) in [6.07, 6.45) is 0.242. The Labute approximate surface area is 82.0 Å². The highest BCUT2D eigenvalue weighted by Gasteiger charge is 2.30. The van der Waals surface area contributed by atoms with Crippen LogP contribution < -0.4 is 0 Å². The molecule has 0 unspecified atom stereocenters. The number of hydrogen-bond donors (Lipinski definition) is 0. The molecule has 1 rings (SSSR count). The summed E-state index contributed by atoms with van der Waals surface area (Å²) < 4.78 is 26.7. The number of benzene rings is 1. The summed E-state index contributed by atoms with van der Waals surface area (Å²) in [6, 6.07) is 7.45. The predicted molar refractivity (Wildman–Crippen MR) is 50.0 cm³/mol. The zero-order valence-electron chi connectivity index (χ0n) is 7.93. The average Bonchev–Trinajstić information content (AvgIpc) is 2.18. The number of halogens is 2. The molecular weight excluding hydrogens is 184 g/mol. The lowest BCUT2D eigenvalue weighted by Crippen LogP contribution is -2.12. The van der Waals surface area contributed by atoms with Crippen molar-refractivity contribution in [2.24, 2.45) is 0 Å². The lowest BCUT2D eigenvalue weighted by molar-refractivity contribution is -0.0140. The molecule has 0 aliphatic rings. The maximum absolute atomic E-state index is 13.4. The second kappa shape index (κ2) is 4.19. The molecule has 0 fully saturated rings. The number of hydrogen-bond acceptors (Lipinski definition) is 1. The van der Waals surface area contributed by atoms with Gasteiger partial charge in [-0.1, -0.05) is 25.5 Å². The van der Waals surface area contributed by atoms with Crippen molar-refractivity contribution >= 4 is 0 Å². The van der Waals surface area contributed by atoms with Crippen LogP contribution in [0.15, 0.2) is 24.3 Å². The van der Waals surface area contributed by atoms with Gasteiger partial charge in [-0.25, -0.2) is 8.78 Å². The van der Waals surface area contributed by atoms with Crippen LogP contribution in [0.2, 0.25) is 0 Å². The van der Waals surface area contributed by atoms with Crippen molar-refractivity contribution in [3.05, 3.63) is 35.4 Å². The fourth-order valence-corrected chi connectivity index (χ4v) is 1.27. The Morgan fingerprint density at radius 3 is 2.71 bits per heavy atom. The molecule has 74 valence electrons. The molecule has 0 heterocycles. The van der Waals surface area contributed by atoms with Crippen LogP contribution >= 0.6 is 0 Å². The molecule has 0 atom stereocenters. The molecule has 0 amide bonds. The van der Waals surface area contributed by atoms with Crippen molar-refractivity contribution < 1.29 is 8.78 Å². The molecule has 0 radical (unpaired) electrons. The van der Waals surface area contributed by atoms with Gasteiger partial charge in [0.2, 0.25) is 0 Å². The normalized spacial score (nSPS) is 11.0. The lowest BCUT2D eigenvalue weighted by Gasteiger charge is -2.15. The third-order valence-electron chi connectivity index (χ3n) is 1.98. The molecule has 14 heavy (non-hydrogen) atoms. The van der Waals surface area contributed by atoms with Gasteiger partial charge < -0.3 is 0 Å². The van der Waals surface area contributed by atoms with Crippen LogP contribution in [0.4, 0.5) is 8.78 Å². The summed E-state index contributed by atoms with van der Waals surface area (Å²) >= 11 is 0. The van der Waals surface area contributed by atoms with Crippen molar-refractivity contribution in [2.45, 2.75) is 25.7 Å². The monoisotopic (exact) mass is 195 g/mol.